The number of pyridine rings is 2. The molecule has 1 saturated heterocycles. The maximum atomic E-state index is 13.4. The fourth-order valence-corrected chi connectivity index (χ4v) is 5.96. The Balaban J connectivity index is 1.81. The zero-order valence-electron chi connectivity index (χ0n) is 19.4. The van der Waals surface area contributed by atoms with Gasteiger partial charge in [0.25, 0.3) is 15.9 Å². The number of hydrogen-bond donors (Lipinski definition) is 2. The fourth-order valence-electron chi connectivity index (χ4n) is 4.49. The molecule has 4 rings (SSSR count). The van der Waals surface area contributed by atoms with Crippen LogP contribution in [0.3, 0.4) is 0 Å². The van der Waals surface area contributed by atoms with Gasteiger partial charge in [-0.3, -0.25) is 4.79 Å². The fraction of sp³-hybridized carbons (Fsp3) is 0.292. The van der Waals surface area contributed by atoms with Crippen LogP contribution in [0.2, 0.25) is 10.0 Å². The Hall–Kier alpha value is -2.88. The highest BCUT2D eigenvalue weighted by Crippen LogP contribution is 2.38. The molecule has 0 radical (unpaired) electrons. The van der Waals surface area contributed by atoms with Crippen LogP contribution in [0, 0.1) is 5.92 Å². The van der Waals surface area contributed by atoms with Gasteiger partial charge in [-0.15, -0.1) is 0 Å². The summed E-state index contributed by atoms with van der Waals surface area (Å²) in [4.78, 5) is 23.9. The number of carbonyl (C=O) groups is 1. The summed E-state index contributed by atoms with van der Waals surface area (Å²) in [7, 11) is -4.28. The molecule has 0 spiro atoms. The Bertz CT molecular complexity index is 1390. The second-order valence-electron chi connectivity index (χ2n) is 9.32. The zero-order valence-corrected chi connectivity index (χ0v) is 21.7. The van der Waals surface area contributed by atoms with E-state index in [1.54, 1.807) is 30.5 Å². The first-order chi connectivity index (χ1) is 16.4. The van der Waals surface area contributed by atoms with Gasteiger partial charge in [-0.2, -0.15) is 8.42 Å². The van der Waals surface area contributed by atoms with Gasteiger partial charge in [0, 0.05) is 33.9 Å². The Morgan fingerprint density at radius 2 is 1.83 bits per heavy atom. The maximum Gasteiger partial charge on any atom is 0.281 e. The third-order valence-corrected chi connectivity index (χ3v) is 7.55. The molecule has 3 aromatic rings. The van der Waals surface area contributed by atoms with Crippen molar-refractivity contribution in [3.8, 4) is 11.1 Å². The molecule has 0 aliphatic carbocycles. The van der Waals surface area contributed by atoms with Crippen LogP contribution >= 0.6 is 23.2 Å². The molecule has 3 N–H and O–H groups in total. The molecule has 1 aliphatic heterocycles. The van der Waals surface area contributed by atoms with Gasteiger partial charge >= 0.3 is 0 Å². The number of nitrogen functional groups attached to an aromatic ring is 1. The summed E-state index contributed by atoms with van der Waals surface area (Å²) in [5, 5.41) is 0.494. The van der Waals surface area contributed by atoms with Crippen LogP contribution in [0.4, 0.5) is 11.6 Å². The predicted molar refractivity (Wildman–Crippen MR) is 138 cm³/mol. The Labute approximate surface area is 214 Å². The van der Waals surface area contributed by atoms with Gasteiger partial charge in [0.05, 0.1) is 5.56 Å². The monoisotopic (exact) mass is 533 g/mol. The van der Waals surface area contributed by atoms with Gasteiger partial charge in [-0.05, 0) is 68.1 Å². The molecule has 3 heterocycles. The van der Waals surface area contributed by atoms with Crippen molar-refractivity contribution in [1.29, 1.82) is 0 Å². The third kappa shape index (κ3) is 5.37. The number of hydrogen-bond acceptors (Lipinski definition) is 7. The first kappa shape index (κ1) is 25.2. The summed E-state index contributed by atoms with van der Waals surface area (Å²) in [5.41, 5.74) is 6.66. The van der Waals surface area contributed by atoms with Crippen molar-refractivity contribution >= 4 is 50.8 Å². The molecule has 2 aromatic heterocycles. The van der Waals surface area contributed by atoms with Gasteiger partial charge in [-0.25, -0.2) is 14.7 Å². The summed E-state index contributed by atoms with van der Waals surface area (Å²) in [6, 6.07) is 10.8. The lowest BCUT2D eigenvalue weighted by Gasteiger charge is -2.33. The quantitative estimate of drug-likeness (QED) is 0.484. The highest BCUT2D eigenvalue weighted by Gasteiger charge is 2.39. The summed E-state index contributed by atoms with van der Waals surface area (Å²) in [6.07, 6.45) is 2.52. The van der Waals surface area contributed by atoms with Crippen molar-refractivity contribution in [3.05, 3.63) is 64.3 Å². The van der Waals surface area contributed by atoms with Crippen LogP contribution in [0.1, 0.15) is 37.6 Å². The molecule has 35 heavy (non-hydrogen) atoms. The molecule has 1 amide bonds. The smallest absolute Gasteiger partial charge is 0.281 e. The number of anilines is 2. The molecule has 1 unspecified atom stereocenters. The van der Waals surface area contributed by atoms with Crippen LogP contribution in [0.5, 0.6) is 0 Å². The Morgan fingerprint density at radius 3 is 2.43 bits per heavy atom. The lowest BCUT2D eigenvalue weighted by Crippen LogP contribution is -2.41. The van der Waals surface area contributed by atoms with Crippen molar-refractivity contribution in [1.82, 2.24) is 14.7 Å². The minimum Gasteiger partial charge on any atom is -0.384 e. The van der Waals surface area contributed by atoms with E-state index in [-0.39, 0.29) is 21.9 Å². The van der Waals surface area contributed by atoms with E-state index in [1.807, 2.05) is 4.90 Å². The molecule has 1 fully saturated rings. The molecule has 8 nitrogen and oxygen atoms in total. The average molecular weight is 534 g/mol. The van der Waals surface area contributed by atoms with Crippen LogP contribution in [0.25, 0.3) is 11.1 Å². The van der Waals surface area contributed by atoms with Crippen molar-refractivity contribution in [2.45, 2.75) is 37.8 Å². The van der Waals surface area contributed by atoms with Gasteiger partial charge in [0.1, 0.15) is 11.6 Å². The van der Waals surface area contributed by atoms with Gasteiger partial charge in [0.15, 0.2) is 5.03 Å². The first-order valence-corrected chi connectivity index (χ1v) is 13.1. The lowest BCUT2D eigenvalue weighted by atomic mass is 9.97. The number of rotatable bonds is 5. The molecule has 11 heteroatoms. The molecule has 184 valence electrons. The van der Waals surface area contributed by atoms with E-state index in [4.69, 9.17) is 28.9 Å². The van der Waals surface area contributed by atoms with Crippen molar-refractivity contribution in [2.24, 2.45) is 5.92 Å². The Kier molecular flexibility index (Phi) is 6.70. The summed E-state index contributed by atoms with van der Waals surface area (Å²) in [6.45, 7) is 6.93. The molecule has 1 aliphatic rings. The van der Waals surface area contributed by atoms with E-state index in [1.165, 1.54) is 18.2 Å². The van der Waals surface area contributed by atoms with E-state index in [0.717, 1.165) is 6.42 Å². The van der Waals surface area contributed by atoms with Gasteiger partial charge < -0.3 is 10.6 Å². The number of nitrogens with zero attached hydrogens (tertiary/aromatic N) is 3. The SMILES string of the molecule is CC1CN(c2ncc(-c3cc(Cl)cc(Cl)c3)cc2C(=O)NS(=O)(=O)c2cccc(N)n2)C(C)(C)C1. The normalized spacial score (nSPS) is 17.4. The van der Waals surface area contributed by atoms with E-state index >= 15 is 0 Å². The minimum atomic E-state index is -4.28. The van der Waals surface area contributed by atoms with E-state index in [9.17, 15) is 13.2 Å². The average Bonchev–Trinajstić information content (AvgIpc) is 3.04. The summed E-state index contributed by atoms with van der Waals surface area (Å²) in [5.74, 6) is -0.0452. The number of sulfonamides is 1. The standard InChI is InChI=1S/C24H25Cl2N5O3S/c1-14-11-24(2,3)31(13-14)22-19(9-16(12-28-22)15-7-17(25)10-18(26)8-15)23(32)30-35(33,34)21-6-4-5-20(27)29-21/h4-10,12,14H,11,13H2,1-3H3,(H2,27,29)(H,30,32). The van der Waals surface area contributed by atoms with Crippen LogP contribution in [-0.2, 0) is 10.0 Å². The lowest BCUT2D eigenvalue weighted by molar-refractivity contribution is 0.0981. The molecular weight excluding hydrogens is 509 g/mol. The van der Waals surface area contributed by atoms with E-state index < -0.39 is 15.9 Å². The highest BCUT2D eigenvalue weighted by atomic mass is 35.5. The van der Waals surface area contributed by atoms with Crippen LogP contribution < -0.4 is 15.4 Å². The zero-order chi connectivity index (χ0) is 25.5. The predicted octanol–water partition coefficient (Wildman–Crippen LogP) is 4.78. The molecule has 1 atom stereocenters. The second kappa shape index (κ2) is 9.29. The number of amides is 1. The molecule has 0 bridgehead atoms. The van der Waals surface area contributed by atoms with Crippen molar-refractivity contribution in [3.63, 3.8) is 0 Å². The second-order valence-corrected chi connectivity index (χ2v) is 11.8. The van der Waals surface area contributed by atoms with Crippen LogP contribution in [-0.4, -0.2) is 36.4 Å². The molecule has 0 saturated carbocycles. The third-order valence-electron chi connectivity index (χ3n) is 5.88. The number of nitrogens with one attached hydrogen (secondary N) is 1. The summed E-state index contributed by atoms with van der Waals surface area (Å²) < 4.78 is 27.9. The minimum absolute atomic E-state index is 0.0234. The maximum absolute atomic E-state index is 13.4. The summed E-state index contributed by atoms with van der Waals surface area (Å²) >= 11 is 12.3. The van der Waals surface area contributed by atoms with Crippen molar-refractivity contribution in [2.75, 3.05) is 17.2 Å². The molecular formula is C24H25Cl2N5O3S. The largest absolute Gasteiger partial charge is 0.384 e. The van der Waals surface area contributed by atoms with E-state index in [2.05, 4.69) is 35.5 Å². The number of aromatic nitrogens is 2. The highest BCUT2D eigenvalue weighted by molar-refractivity contribution is 7.90. The first-order valence-electron chi connectivity index (χ1n) is 10.9. The van der Waals surface area contributed by atoms with Crippen molar-refractivity contribution < 1.29 is 13.2 Å². The number of halogens is 2. The number of benzene rings is 1. The Morgan fingerprint density at radius 1 is 1.14 bits per heavy atom. The van der Waals surface area contributed by atoms with Gasteiger partial charge in [0.2, 0.25) is 0 Å². The number of nitrogens with two attached hydrogens (primary N) is 1. The number of carbonyl (C=O) groups excluding carboxylic acids is 1. The molecule has 1 aromatic carbocycles. The topological polar surface area (TPSA) is 118 Å². The van der Waals surface area contributed by atoms with E-state index in [0.29, 0.717) is 39.5 Å². The van der Waals surface area contributed by atoms with Crippen LogP contribution in [0.15, 0.2) is 53.7 Å². The van der Waals surface area contributed by atoms with Gasteiger partial charge in [-0.1, -0.05) is 36.2 Å².